The van der Waals surface area contributed by atoms with E-state index in [0.717, 1.165) is 24.2 Å². The highest BCUT2D eigenvalue weighted by Crippen LogP contribution is 2.33. The molecule has 2 aromatic rings. The highest BCUT2D eigenvalue weighted by atomic mass is 16.5. The number of H-pyrrole nitrogens is 1. The molecule has 0 saturated carbocycles. The molecule has 6 nitrogen and oxygen atoms in total. The minimum absolute atomic E-state index is 0.717. The minimum Gasteiger partial charge on any atom is -0.354 e. The van der Waals surface area contributed by atoms with Gasteiger partial charge >= 0.3 is 0 Å². The van der Waals surface area contributed by atoms with Crippen molar-refractivity contribution in [3.63, 3.8) is 0 Å². The van der Waals surface area contributed by atoms with Gasteiger partial charge in [0.1, 0.15) is 5.69 Å². The maximum atomic E-state index is 5.69. The lowest BCUT2D eigenvalue weighted by molar-refractivity contribution is -0.0174. The van der Waals surface area contributed by atoms with E-state index in [4.69, 9.17) is 4.74 Å². The predicted octanol–water partition coefficient (Wildman–Crippen LogP) is 0.193. The SMILES string of the molecule is COC1(c2cnn[nH]2)NCCc2ccncc21. The molecule has 0 amide bonds. The van der Waals surface area contributed by atoms with Crippen LogP contribution in [0.3, 0.4) is 0 Å². The van der Waals surface area contributed by atoms with E-state index in [2.05, 4.69) is 25.7 Å². The molecule has 0 aliphatic carbocycles. The standard InChI is InChI=1S/C11H13N5O/c1-17-11(10-7-14-16-15-10)9-6-12-4-2-8(9)3-5-13-11/h2,4,6-7,13H,3,5H2,1H3,(H,14,15,16). The third kappa shape index (κ3) is 1.45. The number of hydrogen-bond acceptors (Lipinski definition) is 5. The fraction of sp³-hybridized carbons (Fsp3) is 0.364. The van der Waals surface area contributed by atoms with Gasteiger partial charge in [0, 0.05) is 31.6 Å². The summed E-state index contributed by atoms with van der Waals surface area (Å²) in [6.07, 6.45) is 6.25. The molecule has 3 rings (SSSR count). The largest absolute Gasteiger partial charge is 0.354 e. The lowest BCUT2D eigenvalue weighted by atomic mass is 9.91. The maximum absolute atomic E-state index is 5.69. The molecule has 2 aromatic heterocycles. The molecule has 6 heteroatoms. The van der Waals surface area contributed by atoms with E-state index < -0.39 is 5.72 Å². The number of ether oxygens (including phenoxy) is 1. The topological polar surface area (TPSA) is 75.7 Å². The summed E-state index contributed by atoms with van der Waals surface area (Å²) in [5.74, 6) is 0. The average molecular weight is 231 g/mol. The van der Waals surface area contributed by atoms with Gasteiger partial charge in [-0.25, -0.2) is 0 Å². The summed E-state index contributed by atoms with van der Waals surface area (Å²) in [6.45, 7) is 0.837. The number of aromatic nitrogens is 4. The van der Waals surface area contributed by atoms with Crippen molar-refractivity contribution in [1.82, 2.24) is 25.7 Å². The van der Waals surface area contributed by atoms with Crippen LogP contribution in [0.4, 0.5) is 0 Å². The van der Waals surface area contributed by atoms with Crippen LogP contribution in [0.15, 0.2) is 24.7 Å². The van der Waals surface area contributed by atoms with E-state index in [0.29, 0.717) is 0 Å². The first kappa shape index (κ1) is 10.4. The molecule has 1 unspecified atom stereocenters. The van der Waals surface area contributed by atoms with Gasteiger partial charge in [-0.15, -0.1) is 5.10 Å². The Morgan fingerprint density at radius 3 is 3.12 bits per heavy atom. The Kier molecular flexibility index (Phi) is 2.38. The molecule has 1 aliphatic rings. The highest BCUT2D eigenvalue weighted by Gasteiger charge is 2.40. The Morgan fingerprint density at radius 1 is 1.41 bits per heavy atom. The van der Waals surface area contributed by atoms with Crippen LogP contribution in [0.2, 0.25) is 0 Å². The van der Waals surface area contributed by atoms with Crippen molar-refractivity contribution in [2.45, 2.75) is 12.1 Å². The first-order valence-corrected chi connectivity index (χ1v) is 5.47. The third-order valence-corrected chi connectivity index (χ3v) is 3.16. The van der Waals surface area contributed by atoms with Crippen LogP contribution in [0.5, 0.6) is 0 Å². The van der Waals surface area contributed by atoms with Gasteiger partial charge in [0.25, 0.3) is 0 Å². The molecule has 88 valence electrons. The molecule has 0 fully saturated rings. The second kappa shape index (κ2) is 3.90. The Hall–Kier alpha value is -1.79. The number of aromatic amines is 1. The molecule has 1 aliphatic heterocycles. The predicted molar refractivity (Wildman–Crippen MR) is 60.1 cm³/mol. The third-order valence-electron chi connectivity index (χ3n) is 3.16. The van der Waals surface area contributed by atoms with Gasteiger partial charge in [-0.2, -0.15) is 0 Å². The van der Waals surface area contributed by atoms with Gasteiger partial charge in [-0.05, 0) is 18.1 Å². The maximum Gasteiger partial charge on any atom is 0.191 e. The minimum atomic E-state index is -0.717. The molecular weight excluding hydrogens is 218 g/mol. The second-order valence-electron chi connectivity index (χ2n) is 3.96. The molecule has 2 N–H and O–H groups in total. The Labute approximate surface area is 98.4 Å². The first-order valence-electron chi connectivity index (χ1n) is 5.47. The van der Waals surface area contributed by atoms with E-state index >= 15 is 0 Å². The number of pyridine rings is 1. The molecule has 0 saturated heterocycles. The lowest BCUT2D eigenvalue weighted by Gasteiger charge is -2.37. The van der Waals surface area contributed by atoms with E-state index in [1.807, 2.05) is 12.3 Å². The molecule has 0 spiro atoms. The molecule has 17 heavy (non-hydrogen) atoms. The Morgan fingerprint density at radius 2 is 2.35 bits per heavy atom. The summed E-state index contributed by atoms with van der Waals surface area (Å²) < 4.78 is 5.69. The number of methoxy groups -OCH3 is 1. The highest BCUT2D eigenvalue weighted by molar-refractivity contribution is 5.37. The van der Waals surface area contributed by atoms with Crippen molar-refractivity contribution in [2.24, 2.45) is 0 Å². The van der Waals surface area contributed by atoms with Crippen molar-refractivity contribution in [2.75, 3.05) is 13.7 Å². The summed E-state index contributed by atoms with van der Waals surface area (Å²) in [5, 5.41) is 13.8. The molecule has 3 heterocycles. The smallest absolute Gasteiger partial charge is 0.191 e. The van der Waals surface area contributed by atoms with Gasteiger partial charge in [0.2, 0.25) is 0 Å². The summed E-state index contributed by atoms with van der Waals surface area (Å²) in [5.41, 5.74) is 2.31. The number of nitrogens with one attached hydrogen (secondary N) is 2. The Bertz CT molecular complexity index is 512. The zero-order valence-corrected chi connectivity index (χ0v) is 9.47. The van der Waals surface area contributed by atoms with Crippen LogP contribution >= 0.6 is 0 Å². The summed E-state index contributed by atoms with van der Waals surface area (Å²) in [6, 6.07) is 2.02. The summed E-state index contributed by atoms with van der Waals surface area (Å²) >= 11 is 0. The fourth-order valence-electron chi connectivity index (χ4n) is 2.33. The quantitative estimate of drug-likeness (QED) is 0.771. The van der Waals surface area contributed by atoms with E-state index in [1.54, 1.807) is 19.5 Å². The van der Waals surface area contributed by atoms with E-state index in [1.165, 1.54) is 5.56 Å². The van der Waals surface area contributed by atoms with Crippen molar-refractivity contribution in [3.8, 4) is 0 Å². The van der Waals surface area contributed by atoms with E-state index in [9.17, 15) is 0 Å². The van der Waals surface area contributed by atoms with Crippen LogP contribution < -0.4 is 5.32 Å². The average Bonchev–Trinajstić information content (AvgIpc) is 2.92. The number of fused-ring (bicyclic) bond motifs is 1. The van der Waals surface area contributed by atoms with Crippen LogP contribution in [-0.4, -0.2) is 34.0 Å². The molecule has 0 bridgehead atoms. The molecular formula is C11H13N5O. The lowest BCUT2D eigenvalue weighted by Crippen LogP contribution is -2.50. The first-order chi connectivity index (χ1) is 8.37. The number of rotatable bonds is 2. The van der Waals surface area contributed by atoms with Gasteiger partial charge in [-0.1, -0.05) is 5.21 Å². The van der Waals surface area contributed by atoms with Crippen LogP contribution in [0, 0.1) is 0 Å². The van der Waals surface area contributed by atoms with Crippen molar-refractivity contribution in [3.05, 3.63) is 41.5 Å². The van der Waals surface area contributed by atoms with E-state index in [-0.39, 0.29) is 0 Å². The van der Waals surface area contributed by atoms with Gasteiger partial charge in [-0.3, -0.25) is 15.4 Å². The monoisotopic (exact) mass is 231 g/mol. The van der Waals surface area contributed by atoms with Gasteiger partial charge < -0.3 is 4.74 Å². The number of hydrogen-bond donors (Lipinski definition) is 2. The normalized spacial score (nSPS) is 23.4. The van der Waals surface area contributed by atoms with Gasteiger partial charge in [0.05, 0.1) is 6.20 Å². The van der Waals surface area contributed by atoms with Crippen LogP contribution in [-0.2, 0) is 16.9 Å². The zero-order valence-electron chi connectivity index (χ0n) is 9.47. The van der Waals surface area contributed by atoms with Crippen molar-refractivity contribution in [1.29, 1.82) is 0 Å². The number of nitrogens with zero attached hydrogens (tertiary/aromatic N) is 3. The Balaban J connectivity index is 2.19. The fourth-order valence-corrected chi connectivity index (χ4v) is 2.33. The molecule has 0 aromatic carbocycles. The molecule has 0 radical (unpaired) electrons. The van der Waals surface area contributed by atoms with Gasteiger partial charge in [0.15, 0.2) is 5.72 Å². The van der Waals surface area contributed by atoms with Crippen LogP contribution in [0.1, 0.15) is 16.8 Å². The second-order valence-corrected chi connectivity index (χ2v) is 3.96. The zero-order chi connectivity index (χ0) is 11.7. The summed E-state index contributed by atoms with van der Waals surface area (Å²) in [7, 11) is 1.66. The van der Waals surface area contributed by atoms with Crippen molar-refractivity contribution >= 4 is 0 Å². The summed E-state index contributed by atoms with van der Waals surface area (Å²) in [4.78, 5) is 4.18. The van der Waals surface area contributed by atoms with Crippen LogP contribution in [0.25, 0.3) is 0 Å². The molecule has 1 atom stereocenters. The van der Waals surface area contributed by atoms with Crippen molar-refractivity contribution < 1.29 is 4.74 Å².